The average Bonchev–Trinajstić information content (AvgIpc) is 3.09. The SMILES string of the molecule is O=C(c1sccc1Br)N1CCC(C2OCCO2)CC1. The molecule has 0 atom stereocenters. The zero-order chi connectivity index (χ0) is 13.2. The molecule has 0 bridgehead atoms. The van der Waals surface area contributed by atoms with Crippen LogP contribution in [0.5, 0.6) is 0 Å². The van der Waals surface area contributed by atoms with Crippen molar-refractivity contribution in [1.82, 2.24) is 4.90 Å². The largest absolute Gasteiger partial charge is 0.350 e. The van der Waals surface area contributed by atoms with Gasteiger partial charge in [-0.25, -0.2) is 0 Å². The van der Waals surface area contributed by atoms with Crippen LogP contribution in [0.3, 0.4) is 0 Å². The van der Waals surface area contributed by atoms with E-state index in [1.807, 2.05) is 16.3 Å². The molecule has 6 heteroatoms. The molecule has 0 radical (unpaired) electrons. The molecule has 0 saturated carbocycles. The Bertz CT molecular complexity index is 450. The predicted octanol–water partition coefficient (Wildman–Crippen LogP) is 2.74. The molecule has 2 aliphatic heterocycles. The summed E-state index contributed by atoms with van der Waals surface area (Å²) in [6.45, 7) is 2.98. The van der Waals surface area contributed by atoms with E-state index in [9.17, 15) is 4.79 Å². The van der Waals surface area contributed by atoms with E-state index in [1.165, 1.54) is 11.3 Å². The number of amides is 1. The van der Waals surface area contributed by atoms with Crippen LogP contribution in [-0.2, 0) is 9.47 Å². The van der Waals surface area contributed by atoms with Crippen LogP contribution < -0.4 is 0 Å². The van der Waals surface area contributed by atoms with Gasteiger partial charge in [0.15, 0.2) is 6.29 Å². The summed E-state index contributed by atoms with van der Waals surface area (Å²) in [5.74, 6) is 0.562. The summed E-state index contributed by atoms with van der Waals surface area (Å²) in [4.78, 5) is 15.1. The molecule has 3 heterocycles. The number of thiophene rings is 1. The van der Waals surface area contributed by atoms with Gasteiger partial charge in [-0.05, 0) is 40.2 Å². The Balaban J connectivity index is 1.58. The molecule has 2 saturated heterocycles. The summed E-state index contributed by atoms with van der Waals surface area (Å²) in [6.07, 6.45) is 1.87. The Kier molecular flexibility index (Phi) is 4.21. The molecule has 1 amide bonds. The third kappa shape index (κ3) is 2.86. The third-order valence-electron chi connectivity index (χ3n) is 3.67. The van der Waals surface area contributed by atoms with Crippen LogP contribution >= 0.6 is 27.3 Å². The van der Waals surface area contributed by atoms with Crippen molar-refractivity contribution < 1.29 is 14.3 Å². The van der Waals surface area contributed by atoms with Gasteiger partial charge in [0.05, 0.1) is 13.2 Å². The lowest BCUT2D eigenvalue weighted by molar-refractivity contribution is -0.0956. The van der Waals surface area contributed by atoms with Gasteiger partial charge >= 0.3 is 0 Å². The fourth-order valence-electron chi connectivity index (χ4n) is 2.61. The maximum Gasteiger partial charge on any atom is 0.265 e. The van der Waals surface area contributed by atoms with E-state index in [-0.39, 0.29) is 12.2 Å². The first-order valence-corrected chi connectivity index (χ1v) is 8.18. The molecule has 2 aliphatic rings. The van der Waals surface area contributed by atoms with Crippen molar-refractivity contribution in [3.63, 3.8) is 0 Å². The molecule has 4 nitrogen and oxygen atoms in total. The highest BCUT2D eigenvalue weighted by Gasteiger charge is 2.32. The number of ether oxygens (including phenoxy) is 2. The lowest BCUT2D eigenvalue weighted by Gasteiger charge is -2.33. The molecular formula is C13H16BrNO3S. The van der Waals surface area contributed by atoms with Gasteiger partial charge in [-0.2, -0.15) is 0 Å². The van der Waals surface area contributed by atoms with E-state index in [1.54, 1.807) is 0 Å². The van der Waals surface area contributed by atoms with Crippen molar-refractivity contribution in [3.05, 3.63) is 20.8 Å². The second kappa shape index (κ2) is 5.91. The molecule has 0 spiro atoms. The summed E-state index contributed by atoms with van der Waals surface area (Å²) in [6, 6.07) is 1.92. The molecule has 2 fully saturated rings. The van der Waals surface area contributed by atoms with Crippen molar-refractivity contribution in [3.8, 4) is 0 Å². The molecule has 0 aliphatic carbocycles. The Morgan fingerprint density at radius 3 is 2.58 bits per heavy atom. The van der Waals surface area contributed by atoms with E-state index in [2.05, 4.69) is 15.9 Å². The number of hydrogen-bond donors (Lipinski definition) is 0. The highest BCUT2D eigenvalue weighted by atomic mass is 79.9. The number of halogens is 1. The molecule has 3 rings (SSSR count). The van der Waals surface area contributed by atoms with E-state index < -0.39 is 0 Å². The van der Waals surface area contributed by atoms with Crippen LogP contribution in [0.25, 0.3) is 0 Å². The van der Waals surface area contributed by atoms with Gasteiger partial charge in [-0.3, -0.25) is 4.79 Å². The Labute approximate surface area is 124 Å². The zero-order valence-corrected chi connectivity index (χ0v) is 12.9. The first kappa shape index (κ1) is 13.5. The summed E-state index contributed by atoms with van der Waals surface area (Å²) < 4.78 is 12.0. The minimum atomic E-state index is -0.0503. The molecule has 1 aromatic heterocycles. The Morgan fingerprint density at radius 2 is 2.00 bits per heavy atom. The molecular weight excluding hydrogens is 330 g/mol. The van der Waals surface area contributed by atoms with E-state index in [4.69, 9.17) is 9.47 Å². The van der Waals surface area contributed by atoms with E-state index >= 15 is 0 Å². The molecule has 0 unspecified atom stereocenters. The molecule has 0 N–H and O–H groups in total. The van der Waals surface area contributed by atoms with Gasteiger partial charge in [0, 0.05) is 23.5 Å². The number of rotatable bonds is 2. The van der Waals surface area contributed by atoms with Crippen LogP contribution in [-0.4, -0.2) is 43.4 Å². The van der Waals surface area contributed by atoms with Gasteiger partial charge in [0.2, 0.25) is 0 Å². The third-order valence-corrected chi connectivity index (χ3v) is 5.50. The van der Waals surface area contributed by atoms with E-state index in [0.29, 0.717) is 19.1 Å². The highest BCUT2D eigenvalue weighted by Crippen LogP contribution is 2.29. The van der Waals surface area contributed by atoms with Crippen LogP contribution in [0.15, 0.2) is 15.9 Å². The number of nitrogens with zero attached hydrogens (tertiary/aromatic N) is 1. The second-order valence-corrected chi connectivity index (χ2v) is 6.61. The van der Waals surface area contributed by atoms with Crippen LogP contribution in [0, 0.1) is 5.92 Å². The molecule has 1 aromatic rings. The Hall–Kier alpha value is -0.430. The van der Waals surface area contributed by atoms with Gasteiger partial charge in [0.25, 0.3) is 5.91 Å². The zero-order valence-electron chi connectivity index (χ0n) is 10.5. The minimum absolute atomic E-state index is 0.0503. The van der Waals surface area contributed by atoms with Gasteiger partial charge < -0.3 is 14.4 Å². The van der Waals surface area contributed by atoms with Gasteiger partial charge in [-0.15, -0.1) is 11.3 Å². The monoisotopic (exact) mass is 345 g/mol. The van der Waals surface area contributed by atoms with Crippen LogP contribution in [0.4, 0.5) is 0 Å². The lowest BCUT2D eigenvalue weighted by atomic mass is 9.96. The standard InChI is InChI=1S/C13H16BrNO3S/c14-10-3-8-19-11(10)12(16)15-4-1-9(2-5-15)13-17-6-7-18-13/h3,8-9,13H,1-2,4-7H2. The molecule has 0 aromatic carbocycles. The topological polar surface area (TPSA) is 38.8 Å². The first-order chi connectivity index (χ1) is 9.25. The van der Waals surface area contributed by atoms with Crippen LogP contribution in [0.1, 0.15) is 22.5 Å². The van der Waals surface area contributed by atoms with Gasteiger partial charge in [-0.1, -0.05) is 0 Å². The van der Waals surface area contributed by atoms with Crippen molar-refractivity contribution in [2.45, 2.75) is 19.1 Å². The average molecular weight is 346 g/mol. The van der Waals surface area contributed by atoms with Crippen molar-refractivity contribution in [1.29, 1.82) is 0 Å². The molecule has 19 heavy (non-hydrogen) atoms. The number of carbonyl (C=O) groups is 1. The molecule has 104 valence electrons. The van der Waals surface area contributed by atoms with Crippen LogP contribution in [0.2, 0.25) is 0 Å². The normalized spacial score (nSPS) is 22.1. The smallest absolute Gasteiger partial charge is 0.265 e. The summed E-state index contributed by atoms with van der Waals surface area (Å²) in [5, 5.41) is 1.93. The maximum atomic E-state index is 12.4. The fourth-order valence-corrected chi connectivity index (χ4v) is 4.12. The van der Waals surface area contributed by atoms with Gasteiger partial charge in [0.1, 0.15) is 4.88 Å². The number of carbonyl (C=O) groups excluding carboxylic acids is 1. The quantitative estimate of drug-likeness (QED) is 0.827. The van der Waals surface area contributed by atoms with Crippen molar-refractivity contribution in [2.24, 2.45) is 5.92 Å². The summed E-state index contributed by atoms with van der Waals surface area (Å²) in [7, 11) is 0. The Morgan fingerprint density at radius 1 is 1.32 bits per heavy atom. The second-order valence-electron chi connectivity index (χ2n) is 4.84. The minimum Gasteiger partial charge on any atom is -0.350 e. The lowest BCUT2D eigenvalue weighted by Crippen LogP contribution is -2.41. The number of hydrogen-bond acceptors (Lipinski definition) is 4. The van der Waals surface area contributed by atoms with Crippen molar-refractivity contribution in [2.75, 3.05) is 26.3 Å². The fraction of sp³-hybridized carbons (Fsp3) is 0.615. The highest BCUT2D eigenvalue weighted by molar-refractivity contribution is 9.10. The number of likely N-dealkylation sites (tertiary alicyclic amines) is 1. The van der Waals surface area contributed by atoms with E-state index in [0.717, 1.165) is 35.3 Å². The first-order valence-electron chi connectivity index (χ1n) is 6.51. The van der Waals surface area contributed by atoms with Crippen molar-refractivity contribution >= 4 is 33.2 Å². The number of piperidine rings is 1. The predicted molar refractivity (Wildman–Crippen MR) is 76.3 cm³/mol. The maximum absolute atomic E-state index is 12.4. The summed E-state index contributed by atoms with van der Waals surface area (Å²) >= 11 is 4.91. The summed E-state index contributed by atoms with van der Waals surface area (Å²) in [5.41, 5.74) is 0.